The molecule has 0 aliphatic carbocycles. The molecule has 0 fully saturated rings. The number of carbonyl (C=O) groups excluding carboxylic acids is 4. The molecule has 3 unspecified atom stereocenters. The van der Waals surface area contributed by atoms with Gasteiger partial charge in [0, 0.05) is 25.7 Å². The molecule has 0 amide bonds. The summed E-state index contributed by atoms with van der Waals surface area (Å²) >= 11 is 0. The number of aliphatic hydroxyl groups excluding tert-OH is 1. The normalized spacial score (nSPS) is 14.2. The average molecular weight is 1420 g/mol. The standard InChI is InChI=1S/C78H152O17P2/c1-6-10-13-16-19-22-24-26-28-30-32-34-36-38-40-43-46-52-57-62-76(81)89-67-73(94-77(82)63-58-53-47-44-41-39-37-35-33-31-29-27-25-23-20-17-14-11-7-2)69-92-96(84,85)90-65-72(79)66-91-97(86,87)93-70-74(68-88-75(80)61-56-51-45-42-21-18-15-12-8-3)95-78(83)64-59-54-49-48-50-55-60-71(5)9-4/h71-74,79H,6-70H2,1-5H3,(H,84,85)(H,86,87)/t71?,72-,73-,74-/m1/s1. The van der Waals surface area contributed by atoms with E-state index in [1.54, 1.807) is 0 Å². The van der Waals surface area contributed by atoms with Gasteiger partial charge >= 0.3 is 39.5 Å². The first-order chi connectivity index (χ1) is 47.1. The Kier molecular flexibility index (Phi) is 69.6. The summed E-state index contributed by atoms with van der Waals surface area (Å²) in [5.41, 5.74) is 0. The van der Waals surface area contributed by atoms with E-state index in [1.807, 2.05) is 0 Å². The van der Waals surface area contributed by atoms with Gasteiger partial charge in [0.2, 0.25) is 0 Å². The maximum Gasteiger partial charge on any atom is 0.472 e. The zero-order valence-corrected chi connectivity index (χ0v) is 65.0. The highest BCUT2D eigenvalue weighted by Gasteiger charge is 2.30. The molecular formula is C78H152O17P2. The Hall–Kier alpha value is -1.94. The fourth-order valence-electron chi connectivity index (χ4n) is 12.0. The van der Waals surface area contributed by atoms with Crippen molar-refractivity contribution in [3.63, 3.8) is 0 Å². The van der Waals surface area contributed by atoms with Crippen molar-refractivity contribution in [3.8, 4) is 0 Å². The summed E-state index contributed by atoms with van der Waals surface area (Å²) in [4.78, 5) is 72.8. The lowest BCUT2D eigenvalue weighted by Gasteiger charge is -2.21. The predicted octanol–water partition coefficient (Wildman–Crippen LogP) is 23.3. The van der Waals surface area contributed by atoms with Gasteiger partial charge in [0.1, 0.15) is 19.3 Å². The van der Waals surface area contributed by atoms with Gasteiger partial charge < -0.3 is 33.8 Å². The molecule has 3 N–H and O–H groups in total. The first-order valence-electron chi connectivity index (χ1n) is 40.7. The molecule has 0 radical (unpaired) electrons. The van der Waals surface area contributed by atoms with Gasteiger partial charge in [-0.1, -0.05) is 362 Å². The molecule has 0 aliphatic rings. The van der Waals surface area contributed by atoms with Gasteiger partial charge in [-0.15, -0.1) is 0 Å². The Morgan fingerprint density at radius 2 is 0.495 bits per heavy atom. The largest absolute Gasteiger partial charge is 0.472 e. The van der Waals surface area contributed by atoms with Crippen LogP contribution in [0.1, 0.15) is 413 Å². The van der Waals surface area contributed by atoms with E-state index in [4.69, 9.17) is 37.0 Å². The third-order valence-electron chi connectivity index (χ3n) is 18.6. The lowest BCUT2D eigenvalue weighted by Crippen LogP contribution is -2.30. The van der Waals surface area contributed by atoms with Crippen molar-refractivity contribution >= 4 is 39.5 Å². The lowest BCUT2D eigenvalue weighted by atomic mass is 10.00. The van der Waals surface area contributed by atoms with Crippen LogP contribution < -0.4 is 0 Å². The first kappa shape index (κ1) is 95.1. The molecule has 0 rings (SSSR count). The van der Waals surface area contributed by atoms with Crippen LogP contribution in [0.15, 0.2) is 0 Å². The maximum atomic E-state index is 13.1. The zero-order valence-electron chi connectivity index (χ0n) is 63.2. The summed E-state index contributed by atoms with van der Waals surface area (Å²) in [7, 11) is -9.91. The van der Waals surface area contributed by atoms with Crippen LogP contribution >= 0.6 is 15.6 Å². The van der Waals surface area contributed by atoms with Crippen LogP contribution in [0.4, 0.5) is 0 Å². The topological polar surface area (TPSA) is 237 Å². The fraction of sp³-hybridized carbons (Fsp3) is 0.949. The molecule has 97 heavy (non-hydrogen) atoms. The van der Waals surface area contributed by atoms with Crippen LogP contribution in [-0.4, -0.2) is 96.7 Å². The van der Waals surface area contributed by atoms with Crippen molar-refractivity contribution in [2.24, 2.45) is 5.92 Å². The van der Waals surface area contributed by atoms with Crippen molar-refractivity contribution in [1.82, 2.24) is 0 Å². The molecule has 0 aromatic heterocycles. The van der Waals surface area contributed by atoms with Crippen molar-refractivity contribution < 1.29 is 80.2 Å². The van der Waals surface area contributed by atoms with E-state index in [0.29, 0.717) is 25.7 Å². The number of phosphoric ester groups is 2. The quantitative estimate of drug-likeness (QED) is 0.0222. The smallest absolute Gasteiger partial charge is 0.462 e. The lowest BCUT2D eigenvalue weighted by molar-refractivity contribution is -0.161. The highest BCUT2D eigenvalue weighted by Crippen LogP contribution is 2.45. The maximum absolute atomic E-state index is 13.1. The van der Waals surface area contributed by atoms with Crippen molar-refractivity contribution in [3.05, 3.63) is 0 Å². The monoisotopic (exact) mass is 1420 g/mol. The van der Waals surface area contributed by atoms with E-state index in [9.17, 15) is 43.2 Å². The summed E-state index contributed by atoms with van der Waals surface area (Å²) in [6.45, 7) is 7.24. The number of rotatable bonds is 78. The zero-order chi connectivity index (χ0) is 71.2. The van der Waals surface area contributed by atoms with Gasteiger partial charge in [-0.2, -0.15) is 0 Å². The van der Waals surface area contributed by atoms with Gasteiger partial charge in [-0.3, -0.25) is 37.3 Å². The van der Waals surface area contributed by atoms with Crippen molar-refractivity contribution in [2.75, 3.05) is 39.6 Å². The second-order valence-electron chi connectivity index (χ2n) is 28.3. The summed E-state index contributed by atoms with van der Waals surface area (Å²) in [6.07, 6.45) is 61.3. The minimum Gasteiger partial charge on any atom is -0.462 e. The highest BCUT2D eigenvalue weighted by molar-refractivity contribution is 7.47. The Morgan fingerprint density at radius 3 is 0.732 bits per heavy atom. The van der Waals surface area contributed by atoms with E-state index < -0.39 is 97.5 Å². The summed E-state index contributed by atoms with van der Waals surface area (Å²) in [6, 6.07) is 0. The number of ether oxygens (including phenoxy) is 4. The second-order valence-corrected chi connectivity index (χ2v) is 31.3. The number of aliphatic hydroxyl groups is 1. The second kappa shape index (κ2) is 71.1. The van der Waals surface area contributed by atoms with E-state index in [2.05, 4.69) is 34.6 Å². The number of unbranched alkanes of at least 4 members (excludes halogenated alkanes) is 49. The van der Waals surface area contributed by atoms with Crippen LogP contribution in [0, 0.1) is 5.92 Å². The fourth-order valence-corrected chi connectivity index (χ4v) is 13.6. The van der Waals surface area contributed by atoms with E-state index in [1.165, 1.54) is 238 Å². The molecular weight excluding hydrogens is 1270 g/mol. The van der Waals surface area contributed by atoms with Gasteiger partial charge in [-0.25, -0.2) is 9.13 Å². The number of hydrogen-bond donors (Lipinski definition) is 3. The molecule has 0 bridgehead atoms. The Labute approximate surface area is 594 Å². The van der Waals surface area contributed by atoms with E-state index in [-0.39, 0.29) is 25.7 Å². The van der Waals surface area contributed by atoms with E-state index in [0.717, 1.165) is 95.8 Å². The third-order valence-corrected chi connectivity index (χ3v) is 20.5. The molecule has 17 nitrogen and oxygen atoms in total. The Bertz CT molecular complexity index is 1860. The number of carbonyl (C=O) groups is 4. The van der Waals surface area contributed by atoms with E-state index >= 15 is 0 Å². The highest BCUT2D eigenvalue weighted by atomic mass is 31.2. The van der Waals surface area contributed by atoms with Crippen LogP contribution in [-0.2, 0) is 65.4 Å². The van der Waals surface area contributed by atoms with Crippen LogP contribution in [0.2, 0.25) is 0 Å². The average Bonchev–Trinajstić information content (AvgIpc) is 1.28. The molecule has 576 valence electrons. The molecule has 0 aromatic rings. The molecule has 0 aromatic carbocycles. The molecule has 6 atom stereocenters. The molecule has 0 spiro atoms. The molecule has 0 saturated heterocycles. The number of phosphoric acid groups is 2. The number of hydrogen-bond acceptors (Lipinski definition) is 15. The number of esters is 4. The summed E-state index contributed by atoms with van der Waals surface area (Å²) in [5, 5.41) is 10.6. The summed E-state index contributed by atoms with van der Waals surface area (Å²) in [5.74, 6) is -1.40. The predicted molar refractivity (Wildman–Crippen MR) is 395 cm³/mol. The minimum atomic E-state index is -4.96. The summed E-state index contributed by atoms with van der Waals surface area (Å²) < 4.78 is 68.5. The first-order valence-corrected chi connectivity index (χ1v) is 43.7. The Balaban J connectivity index is 5.19. The minimum absolute atomic E-state index is 0.103. The van der Waals surface area contributed by atoms with Gasteiger partial charge in [0.05, 0.1) is 26.4 Å². The third kappa shape index (κ3) is 70.9. The van der Waals surface area contributed by atoms with Crippen LogP contribution in [0.5, 0.6) is 0 Å². The molecule has 0 aliphatic heterocycles. The Morgan fingerprint density at radius 1 is 0.289 bits per heavy atom. The van der Waals surface area contributed by atoms with Crippen molar-refractivity contribution in [2.45, 2.75) is 432 Å². The van der Waals surface area contributed by atoms with Crippen LogP contribution in [0.3, 0.4) is 0 Å². The van der Waals surface area contributed by atoms with Crippen molar-refractivity contribution in [1.29, 1.82) is 0 Å². The molecule has 0 saturated carbocycles. The van der Waals surface area contributed by atoms with Gasteiger partial charge in [0.15, 0.2) is 12.2 Å². The molecule has 0 heterocycles. The van der Waals surface area contributed by atoms with Gasteiger partial charge in [-0.05, 0) is 31.6 Å². The SMILES string of the molecule is CCCCCCCCCCCCCCCCCCCCCC(=O)OC[C@H](COP(=O)(O)OC[C@@H](O)COP(=O)(O)OC[C@@H](COC(=O)CCCCCCCCCCC)OC(=O)CCCCCCCCC(C)CC)OC(=O)CCCCCCCCCCCCCCCCCCCCC. The van der Waals surface area contributed by atoms with Crippen LogP contribution in [0.25, 0.3) is 0 Å². The molecule has 19 heteroatoms. The van der Waals surface area contributed by atoms with Gasteiger partial charge in [0.25, 0.3) is 0 Å².